The van der Waals surface area contributed by atoms with Crippen molar-refractivity contribution >= 4 is 23.9 Å². The van der Waals surface area contributed by atoms with Crippen LogP contribution in [-0.2, 0) is 20.8 Å². The lowest BCUT2D eigenvalue weighted by atomic mass is 10.1. The van der Waals surface area contributed by atoms with Crippen LogP contribution in [0.5, 0.6) is 5.75 Å². The number of nitrogens with one attached hydrogen (secondary N) is 1. The fourth-order valence-electron chi connectivity index (χ4n) is 3.09. The van der Waals surface area contributed by atoms with Gasteiger partial charge in [0.15, 0.2) is 0 Å². The Morgan fingerprint density at radius 1 is 0.971 bits per heavy atom. The predicted molar refractivity (Wildman–Crippen MR) is 113 cm³/mol. The molecule has 3 amide bonds. The zero-order chi connectivity index (χ0) is 25.0. The van der Waals surface area contributed by atoms with Gasteiger partial charge in [-0.3, -0.25) is 9.59 Å². The molecule has 1 aliphatic heterocycles. The quantitative estimate of drug-likeness (QED) is 0.609. The third-order valence-electron chi connectivity index (χ3n) is 4.50. The maximum Gasteiger partial charge on any atom is 0.408 e. The number of nitrogens with zero attached hydrogens (tertiary/aromatic N) is 1. The van der Waals surface area contributed by atoms with E-state index in [1.54, 1.807) is 32.9 Å². The number of imide groups is 1. The minimum absolute atomic E-state index is 0.0755. The van der Waals surface area contributed by atoms with Gasteiger partial charge in [0.2, 0.25) is 0 Å². The first kappa shape index (κ1) is 24.6. The monoisotopic (exact) mass is 476 g/mol. The first-order valence-electron chi connectivity index (χ1n) is 10.2. The zero-order valence-corrected chi connectivity index (χ0v) is 18.5. The van der Waals surface area contributed by atoms with Crippen molar-refractivity contribution in [3.8, 4) is 5.75 Å². The summed E-state index contributed by atoms with van der Waals surface area (Å²) >= 11 is 0. The summed E-state index contributed by atoms with van der Waals surface area (Å²) < 4.78 is 34.2. The predicted octanol–water partition coefficient (Wildman–Crippen LogP) is 3.48. The molecule has 0 aliphatic carbocycles. The number of alkyl halides is 2. The fourth-order valence-corrected chi connectivity index (χ4v) is 3.09. The average Bonchev–Trinajstić information content (AvgIpc) is 2.98. The molecule has 0 radical (unpaired) electrons. The van der Waals surface area contributed by atoms with E-state index in [1.165, 1.54) is 36.4 Å². The number of hydroxylamine groups is 2. The average molecular weight is 476 g/mol. The number of amides is 3. The van der Waals surface area contributed by atoms with E-state index in [1.807, 2.05) is 0 Å². The first-order chi connectivity index (χ1) is 15.9. The Morgan fingerprint density at radius 2 is 1.53 bits per heavy atom. The molecule has 1 aliphatic rings. The number of hydrogen-bond donors (Lipinski definition) is 1. The molecule has 11 heteroatoms. The number of rotatable bonds is 7. The minimum Gasteiger partial charge on any atom is -0.444 e. The van der Waals surface area contributed by atoms with Gasteiger partial charge in [-0.1, -0.05) is 29.3 Å². The molecule has 1 N–H and O–H groups in total. The molecule has 2 aromatic carbocycles. The van der Waals surface area contributed by atoms with Crippen LogP contribution in [0.3, 0.4) is 0 Å². The SMILES string of the molecule is CC(C)(C)OC(=O)NC(Cc1ccc(OC(F)F)cc1)C(=O)ON1C(=O)c2ccccc2C1=O. The molecule has 1 atom stereocenters. The zero-order valence-electron chi connectivity index (χ0n) is 18.5. The highest BCUT2D eigenvalue weighted by Gasteiger charge is 2.40. The van der Waals surface area contributed by atoms with Gasteiger partial charge in [0.25, 0.3) is 11.8 Å². The van der Waals surface area contributed by atoms with Crippen molar-refractivity contribution in [3.63, 3.8) is 0 Å². The van der Waals surface area contributed by atoms with Crippen LogP contribution in [0.4, 0.5) is 13.6 Å². The Hall–Kier alpha value is -4.02. The summed E-state index contributed by atoms with van der Waals surface area (Å²) in [6, 6.07) is 9.94. The third-order valence-corrected chi connectivity index (χ3v) is 4.50. The number of hydrogen-bond acceptors (Lipinski definition) is 7. The van der Waals surface area contributed by atoms with Crippen LogP contribution >= 0.6 is 0 Å². The van der Waals surface area contributed by atoms with Crippen LogP contribution in [0.25, 0.3) is 0 Å². The van der Waals surface area contributed by atoms with Gasteiger partial charge in [0, 0.05) is 6.42 Å². The summed E-state index contributed by atoms with van der Waals surface area (Å²) in [6.07, 6.45) is -1.09. The number of ether oxygens (including phenoxy) is 2. The molecule has 0 aromatic heterocycles. The second-order valence-corrected chi connectivity index (χ2v) is 8.29. The third kappa shape index (κ3) is 6.06. The molecular weight excluding hydrogens is 454 g/mol. The summed E-state index contributed by atoms with van der Waals surface area (Å²) in [4.78, 5) is 55.2. The van der Waals surface area contributed by atoms with Gasteiger partial charge in [-0.2, -0.15) is 8.78 Å². The van der Waals surface area contributed by atoms with Crippen molar-refractivity contribution in [2.75, 3.05) is 0 Å². The molecule has 1 unspecified atom stereocenters. The number of carbonyl (C=O) groups is 4. The molecule has 0 saturated carbocycles. The largest absolute Gasteiger partial charge is 0.444 e. The molecule has 9 nitrogen and oxygen atoms in total. The summed E-state index contributed by atoms with van der Waals surface area (Å²) in [6.45, 7) is 1.88. The van der Waals surface area contributed by atoms with E-state index in [9.17, 15) is 28.0 Å². The Balaban J connectivity index is 1.77. The molecule has 180 valence electrons. The number of alkyl carbamates (subject to hydrolysis) is 1. The van der Waals surface area contributed by atoms with Crippen LogP contribution in [0.15, 0.2) is 48.5 Å². The van der Waals surface area contributed by atoms with Crippen molar-refractivity contribution in [2.45, 2.75) is 45.4 Å². The lowest BCUT2D eigenvalue weighted by Gasteiger charge is -2.24. The van der Waals surface area contributed by atoms with Crippen molar-refractivity contribution in [1.29, 1.82) is 0 Å². The molecule has 0 spiro atoms. The van der Waals surface area contributed by atoms with Crippen LogP contribution in [0, 0.1) is 0 Å². The van der Waals surface area contributed by atoms with E-state index in [4.69, 9.17) is 9.57 Å². The fraction of sp³-hybridized carbons (Fsp3) is 0.304. The van der Waals surface area contributed by atoms with Gasteiger partial charge in [-0.15, -0.1) is 0 Å². The van der Waals surface area contributed by atoms with E-state index >= 15 is 0 Å². The lowest BCUT2D eigenvalue weighted by Crippen LogP contribution is -2.48. The van der Waals surface area contributed by atoms with Gasteiger partial charge in [-0.25, -0.2) is 9.59 Å². The highest BCUT2D eigenvalue weighted by molar-refractivity contribution is 6.20. The van der Waals surface area contributed by atoms with Crippen LogP contribution in [0.2, 0.25) is 0 Å². The van der Waals surface area contributed by atoms with Crippen LogP contribution in [-0.4, -0.2) is 47.2 Å². The second kappa shape index (κ2) is 9.86. The molecule has 1 heterocycles. The molecule has 0 bridgehead atoms. The van der Waals surface area contributed by atoms with E-state index in [0.717, 1.165) is 0 Å². The standard InChI is InChI=1S/C23H22F2N2O7/c1-23(2,3)33-22(31)26-17(12-13-8-10-14(11-9-13)32-21(24)25)20(30)34-27-18(28)15-6-4-5-7-16(15)19(27)29/h4-11,17,21H,12H2,1-3H3,(H,26,31). The molecule has 0 saturated heterocycles. The van der Waals surface area contributed by atoms with Gasteiger partial charge in [0.1, 0.15) is 17.4 Å². The maximum absolute atomic E-state index is 12.9. The number of carbonyl (C=O) groups excluding carboxylic acids is 4. The summed E-state index contributed by atoms with van der Waals surface area (Å²) in [7, 11) is 0. The van der Waals surface area contributed by atoms with Crippen molar-refractivity contribution in [3.05, 3.63) is 65.2 Å². The van der Waals surface area contributed by atoms with Gasteiger partial charge >= 0.3 is 18.7 Å². The van der Waals surface area contributed by atoms with E-state index in [2.05, 4.69) is 10.1 Å². The van der Waals surface area contributed by atoms with Gasteiger partial charge in [0.05, 0.1) is 11.1 Å². The number of fused-ring (bicyclic) bond motifs is 1. The van der Waals surface area contributed by atoms with Crippen LogP contribution < -0.4 is 10.1 Å². The normalized spacial score (nSPS) is 14.0. The Kier molecular flexibility index (Phi) is 7.14. The second-order valence-electron chi connectivity index (χ2n) is 8.29. The first-order valence-corrected chi connectivity index (χ1v) is 10.2. The Morgan fingerprint density at radius 3 is 2.03 bits per heavy atom. The summed E-state index contributed by atoms with van der Waals surface area (Å²) in [5.41, 5.74) is -0.268. The molecule has 34 heavy (non-hydrogen) atoms. The highest BCUT2D eigenvalue weighted by Crippen LogP contribution is 2.23. The number of halogens is 2. The maximum atomic E-state index is 12.9. The van der Waals surface area contributed by atoms with E-state index in [0.29, 0.717) is 10.6 Å². The van der Waals surface area contributed by atoms with Crippen LogP contribution in [0.1, 0.15) is 47.1 Å². The summed E-state index contributed by atoms with van der Waals surface area (Å²) in [5, 5.41) is 2.69. The molecule has 3 rings (SSSR count). The Labute approximate surface area is 193 Å². The van der Waals surface area contributed by atoms with Crippen molar-refractivity contribution in [2.24, 2.45) is 0 Å². The van der Waals surface area contributed by atoms with Crippen molar-refractivity contribution in [1.82, 2.24) is 10.4 Å². The van der Waals surface area contributed by atoms with Gasteiger partial charge < -0.3 is 19.6 Å². The van der Waals surface area contributed by atoms with E-state index in [-0.39, 0.29) is 23.3 Å². The highest BCUT2D eigenvalue weighted by atomic mass is 19.3. The molecular formula is C23H22F2N2O7. The number of benzene rings is 2. The Bertz CT molecular complexity index is 1060. The molecule has 2 aromatic rings. The summed E-state index contributed by atoms with van der Waals surface area (Å²) in [5.74, 6) is -2.84. The van der Waals surface area contributed by atoms with Gasteiger partial charge in [-0.05, 0) is 50.6 Å². The van der Waals surface area contributed by atoms with E-state index < -0.39 is 42.1 Å². The molecule has 0 fully saturated rings. The van der Waals surface area contributed by atoms with Crippen molar-refractivity contribution < 1.29 is 42.3 Å². The lowest BCUT2D eigenvalue weighted by molar-refractivity contribution is -0.171. The smallest absolute Gasteiger partial charge is 0.408 e. The minimum atomic E-state index is -3.00. The topological polar surface area (TPSA) is 111 Å².